The van der Waals surface area contributed by atoms with Crippen LogP contribution < -0.4 is 10.9 Å². The number of rotatable bonds is 4. The van der Waals surface area contributed by atoms with E-state index in [0.717, 1.165) is 15.1 Å². The maximum Gasteiger partial charge on any atom is 0.272 e. The van der Waals surface area contributed by atoms with Crippen LogP contribution in [0.4, 0.5) is 0 Å². The van der Waals surface area contributed by atoms with Gasteiger partial charge < -0.3 is 5.32 Å². The Morgan fingerprint density at radius 3 is 2.65 bits per heavy atom. The number of aromatic nitrogens is 3. The highest BCUT2D eigenvalue weighted by Crippen LogP contribution is 2.25. The van der Waals surface area contributed by atoms with Crippen molar-refractivity contribution in [2.45, 2.75) is 6.04 Å². The average molecular weight is 326 g/mol. The van der Waals surface area contributed by atoms with E-state index >= 15 is 0 Å². The van der Waals surface area contributed by atoms with Crippen molar-refractivity contribution in [2.75, 3.05) is 0 Å². The summed E-state index contributed by atoms with van der Waals surface area (Å²) in [6.45, 7) is 0. The second-order valence-electron chi connectivity index (χ2n) is 4.88. The Kier molecular flexibility index (Phi) is 4.29. The zero-order valence-corrected chi connectivity index (χ0v) is 13.2. The molecular weight excluding hydrogens is 312 g/mol. The van der Waals surface area contributed by atoms with Gasteiger partial charge in [0.15, 0.2) is 0 Å². The van der Waals surface area contributed by atoms with E-state index in [-0.39, 0.29) is 23.2 Å². The second-order valence-corrected chi connectivity index (χ2v) is 5.86. The zero-order chi connectivity index (χ0) is 16.2. The zero-order valence-electron chi connectivity index (χ0n) is 12.3. The molecule has 0 bridgehead atoms. The van der Waals surface area contributed by atoms with Crippen molar-refractivity contribution in [2.24, 2.45) is 7.05 Å². The Bertz CT molecular complexity index is 859. The molecule has 6 nitrogen and oxygen atoms in total. The van der Waals surface area contributed by atoms with Crippen molar-refractivity contribution in [3.63, 3.8) is 0 Å². The van der Waals surface area contributed by atoms with E-state index in [1.165, 1.54) is 19.2 Å². The minimum Gasteiger partial charge on any atom is -0.339 e. The lowest BCUT2D eigenvalue weighted by molar-refractivity contribution is 0.0936. The first-order valence-electron chi connectivity index (χ1n) is 6.93. The van der Waals surface area contributed by atoms with Crippen molar-refractivity contribution >= 4 is 17.2 Å². The first-order valence-corrected chi connectivity index (χ1v) is 7.81. The average Bonchev–Trinajstić information content (AvgIpc) is 3.10. The number of carbonyl (C=O) groups excluding carboxylic acids is 1. The van der Waals surface area contributed by atoms with Crippen molar-refractivity contribution < 1.29 is 4.79 Å². The molecule has 3 aromatic heterocycles. The molecule has 1 N–H and O–H groups in total. The molecule has 0 aliphatic rings. The van der Waals surface area contributed by atoms with Gasteiger partial charge in [0.1, 0.15) is 5.69 Å². The van der Waals surface area contributed by atoms with Crippen LogP contribution in [-0.2, 0) is 7.05 Å². The lowest BCUT2D eigenvalue weighted by Crippen LogP contribution is -2.31. The number of carbonyl (C=O) groups is 1. The molecule has 116 valence electrons. The van der Waals surface area contributed by atoms with Crippen LogP contribution in [0, 0.1) is 0 Å². The van der Waals surface area contributed by atoms with E-state index in [0.29, 0.717) is 0 Å². The van der Waals surface area contributed by atoms with E-state index in [4.69, 9.17) is 0 Å². The third kappa shape index (κ3) is 3.35. The molecule has 23 heavy (non-hydrogen) atoms. The van der Waals surface area contributed by atoms with Gasteiger partial charge in [-0.3, -0.25) is 14.6 Å². The van der Waals surface area contributed by atoms with Crippen molar-refractivity contribution in [1.82, 2.24) is 20.1 Å². The van der Waals surface area contributed by atoms with Gasteiger partial charge in [0.2, 0.25) is 0 Å². The minimum atomic E-state index is -0.337. The molecule has 0 unspecified atom stereocenters. The smallest absolute Gasteiger partial charge is 0.272 e. The molecule has 1 amide bonds. The molecular formula is C16H14N4O2S. The first-order chi connectivity index (χ1) is 11.1. The standard InChI is InChI=1S/C16H14N4O2S/c1-20-14(21)5-4-12(19-20)16(22)18-15(13-3-2-10-23-13)11-6-8-17-9-7-11/h2-10,15H,1H3,(H,18,22)/t15-/m0/s1. The first kappa shape index (κ1) is 15.1. The van der Waals surface area contributed by atoms with E-state index in [1.54, 1.807) is 23.7 Å². The van der Waals surface area contributed by atoms with Crippen LogP contribution in [0.2, 0.25) is 0 Å². The Morgan fingerprint density at radius 1 is 1.22 bits per heavy atom. The lowest BCUT2D eigenvalue weighted by atomic mass is 10.1. The van der Waals surface area contributed by atoms with Crippen LogP contribution >= 0.6 is 11.3 Å². The Hall–Kier alpha value is -2.80. The van der Waals surface area contributed by atoms with Gasteiger partial charge in [0, 0.05) is 30.4 Å². The van der Waals surface area contributed by atoms with Crippen LogP contribution in [-0.4, -0.2) is 20.7 Å². The maximum absolute atomic E-state index is 12.5. The van der Waals surface area contributed by atoms with Crippen molar-refractivity contribution in [1.29, 1.82) is 0 Å². The van der Waals surface area contributed by atoms with Crippen LogP contribution in [0.5, 0.6) is 0 Å². The van der Waals surface area contributed by atoms with E-state index < -0.39 is 0 Å². The van der Waals surface area contributed by atoms with Crippen molar-refractivity contribution in [3.05, 3.63) is 80.7 Å². The number of nitrogens with zero attached hydrogens (tertiary/aromatic N) is 3. The molecule has 1 atom stereocenters. The van der Waals surface area contributed by atoms with Crippen LogP contribution in [0.25, 0.3) is 0 Å². The minimum absolute atomic E-state index is 0.197. The van der Waals surface area contributed by atoms with Gasteiger partial charge in [0.25, 0.3) is 11.5 Å². The van der Waals surface area contributed by atoms with Crippen molar-refractivity contribution in [3.8, 4) is 0 Å². The Morgan fingerprint density at radius 2 is 2.00 bits per heavy atom. The quantitative estimate of drug-likeness (QED) is 0.792. The van der Waals surface area contributed by atoms with Crippen LogP contribution in [0.1, 0.15) is 27.0 Å². The molecule has 0 aliphatic carbocycles. The molecule has 7 heteroatoms. The normalized spacial score (nSPS) is 11.9. The van der Waals surface area contributed by atoms with Gasteiger partial charge in [-0.05, 0) is 35.2 Å². The molecule has 0 saturated heterocycles. The largest absolute Gasteiger partial charge is 0.339 e. The molecule has 3 rings (SSSR count). The van der Waals surface area contributed by atoms with Gasteiger partial charge in [-0.15, -0.1) is 11.3 Å². The van der Waals surface area contributed by atoms with Crippen LogP contribution in [0.15, 0.2) is 59.0 Å². The highest BCUT2D eigenvalue weighted by molar-refractivity contribution is 7.10. The fourth-order valence-corrected chi connectivity index (χ4v) is 2.96. The van der Waals surface area contributed by atoms with E-state index in [2.05, 4.69) is 15.4 Å². The maximum atomic E-state index is 12.5. The summed E-state index contributed by atoms with van der Waals surface area (Å²) in [5, 5.41) is 8.91. The monoisotopic (exact) mass is 326 g/mol. The fourth-order valence-electron chi connectivity index (χ4n) is 2.16. The summed E-state index contributed by atoms with van der Waals surface area (Å²) in [5.74, 6) is -0.337. The summed E-state index contributed by atoms with van der Waals surface area (Å²) in [6, 6.07) is 10.1. The summed E-state index contributed by atoms with van der Waals surface area (Å²) in [6.07, 6.45) is 3.37. The summed E-state index contributed by atoms with van der Waals surface area (Å²) in [7, 11) is 1.51. The third-order valence-corrected chi connectivity index (χ3v) is 4.27. The van der Waals surface area contributed by atoms with E-state index in [1.807, 2.05) is 29.6 Å². The second kappa shape index (κ2) is 6.53. The predicted molar refractivity (Wildman–Crippen MR) is 87.3 cm³/mol. The van der Waals surface area contributed by atoms with Gasteiger partial charge in [0.05, 0.1) is 6.04 Å². The summed E-state index contributed by atoms with van der Waals surface area (Å²) in [5.41, 5.74) is 0.869. The van der Waals surface area contributed by atoms with E-state index in [9.17, 15) is 9.59 Å². The molecule has 3 aromatic rings. The van der Waals surface area contributed by atoms with Gasteiger partial charge >= 0.3 is 0 Å². The molecule has 0 aliphatic heterocycles. The van der Waals surface area contributed by atoms with Gasteiger partial charge in [-0.1, -0.05) is 6.07 Å². The molecule has 0 saturated carbocycles. The summed E-state index contributed by atoms with van der Waals surface area (Å²) in [4.78, 5) is 28.9. The number of amides is 1. The molecule has 0 fully saturated rings. The number of aryl methyl sites for hydroxylation is 1. The topological polar surface area (TPSA) is 76.9 Å². The Balaban J connectivity index is 1.91. The number of hydrogen-bond donors (Lipinski definition) is 1. The highest BCUT2D eigenvalue weighted by Gasteiger charge is 2.19. The molecule has 0 aromatic carbocycles. The fraction of sp³-hybridized carbons (Fsp3) is 0.125. The molecule has 3 heterocycles. The van der Waals surface area contributed by atoms with Gasteiger partial charge in [-0.25, -0.2) is 4.68 Å². The number of pyridine rings is 1. The SMILES string of the molecule is Cn1nc(C(=O)N[C@@H](c2ccncc2)c2cccs2)ccc1=O. The summed E-state index contributed by atoms with van der Waals surface area (Å²) >= 11 is 1.56. The third-order valence-electron chi connectivity index (χ3n) is 3.34. The van der Waals surface area contributed by atoms with Crippen LogP contribution in [0.3, 0.4) is 0 Å². The lowest BCUT2D eigenvalue weighted by Gasteiger charge is -2.17. The predicted octanol–water partition coefficient (Wildman–Crippen LogP) is 1.76. The number of thiophene rings is 1. The number of hydrogen-bond acceptors (Lipinski definition) is 5. The highest BCUT2D eigenvalue weighted by atomic mass is 32.1. The molecule has 0 spiro atoms. The summed E-state index contributed by atoms with van der Waals surface area (Å²) < 4.78 is 1.14. The Labute approximate surface area is 136 Å². The molecule has 0 radical (unpaired) electrons. The number of nitrogens with one attached hydrogen (secondary N) is 1. The van der Waals surface area contributed by atoms with Gasteiger partial charge in [-0.2, -0.15) is 5.10 Å².